The van der Waals surface area contributed by atoms with Gasteiger partial charge in [-0.2, -0.15) is 0 Å². The molecule has 0 radical (unpaired) electrons. The summed E-state index contributed by atoms with van der Waals surface area (Å²) in [5.74, 6) is 3.41. The van der Waals surface area contributed by atoms with Gasteiger partial charge in [0.05, 0.1) is 14.2 Å². The molecule has 5 rings (SSSR count). The summed E-state index contributed by atoms with van der Waals surface area (Å²) in [5, 5.41) is 3.16. The second-order valence-corrected chi connectivity index (χ2v) is 9.28. The number of likely N-dealkylation sites (tertiary alicyclic amines) is 1. The van der Waals surface area contributed by atoms with E-state index in [1.165, 1.54) is 0 Å². The predicted molar refractivity (Wildman–Crippen MR) is 124 cm³/mol. The van der Waals surface area contributed by atoms with E-state index < -0.39 is 0 Å². The van der Waals surface area contributed by atoms with E-state index in [1.807, 2.05) is 30.3 Å². The smallest absolute Gasteiger partial charge is 0.231 e. The lowest BCUT2D eigenvalue weighted by atomic mass is 9.90. The molecule has 0 aromatic heterocycles. The molecule has 1 unspecified atom stereocenters. The van der Waals surface area contributed by atoms with Crippen molar-refractivity contribution >= 4 is 5.91 Å². The fraction of sp³-hybridized carbons (Fsp3) is 0.500. The molecular weight excluding hydrogens is 420 g/mol. The molecule has 2 aromatic rings. The first kappa shape index (κ1) is 21.9. The first-order chi connectivity index (χ1) is 16.1. The largest absolute Gasteiger partial charge is 0.496 e. The number of nitrogens with zero attached hydrogens (tertiary/aromatic N) is 1. The molecule has 2 fully saturated rings. The number of piperidine rings is 1. The molecule has 176 valence electrons. The van der Waals surface area contributed by atoms with Crippen molar-refractivity contribution in [1.82, 2.24) is 10.2 Å². The van der Waals surface area contributed by atoms with Gasteiger partial charge in [0.1, 0.15) is 5.75 Å². The normalized spacial score (nSPS) is 20.5. The SMILES string of the molecule is COc1ccccc1CCNC(=O)C1CC12CCN(Cc1cc(OC)c3c(c1)OCO3)CC2. The molecule has 1 spiro atoms. The molecule has 1 aliphatic carbocycles. The fourth-order valence-corrected chi connectivity index (χ4v) is 5.31. The van der Waals surface area contributed by atoms with Crippen LogP contribution in [0.3, 0.4) is 0 Å². The molecule has 7 heteroatoms. The zero-order valence-corrected chi connectivity index (χ0v) is 19.4. The van der Waals surface area contributed by atoms with Crippen molar-refractivity contribution in [1.29, 1.82) is 0 Å². The van der Waals surface area contributed by atoms with Gasteiger partial charge in [0, 0.05) is 19.0 Å². The first-order valence-corrected chi connectivity index (χ1v) is 11.7. The number of hydrogen-bond donors (Lipinski definition) is 1. The number of ether oxygens (including phenoxy) is 4. The van der Waals surface area contributed by atoms with Crippen molar-refractivity contribution in [2.24, 2.45) is 11.3 Å². The van der Waals surface area contributed by atoms with Gasteiger partial charge in [-0.25, -0.2) is 0 Å². The monoisotopic (exact) mass is 452 g/mol. The Morgan fingerprint density at radius 2 is 1.91 bits per heavy atom. The van der Waals surface area contributed by atoms with Crippen LogP contribution in [0.4, 0.5) is 0 Å². The zero-order chi connectivity index (χ0) is 22.8. The van der Waals surface area contributed by atoms with E-state index in [0.29, 0.717) is 12.3 Å². The van der Waals surface area contributed by atoms with E-state index in [1.54, 1.807) is 14.2 Å². The number of carbonyl (C=O) groups excluding carboxylic acids is 1. The number of benzene rings is 2. The van der Waals surface area contributed by atoms with E-state index in [-0.39, 0.29) is 24.0 Å². The number of rotatable bonds is 8. The second-order valence-electron chi connectivity index (χ2n) is 9.28. The lowest BCUT2D eigenvalue weighted by Crippen LogP contribution is -2.37. The minimum atomic E-state index is 0.156. The standard InChI is InChI=1S/C26H32N2O5/c1-30-21-6-4-3-5-19(21)7-10-27-25(29)20-15-26(20)8-11-28(12-9-26)16-18-13-22(31-2)24-23(14-18)32-17-33-24/h3-6,13-14,20H,7-12,15-17H2,1-2H3,(H,27,29). The number of methoxy groups -OCH3 is 2. The van der Waals surface area contributed by atoms with Crippen molar-refractivity contribution in [2.45, 2.75) is 32.2 Å². The third kappa shape index (κ3) is 4.47. The Kier molecular flexibility index (Phi) is 6.06. The van der Waals surface area contributed by atoms with E-state index in [4.69, 9.17) is 18.9 Å². The molecule has 2 aliphatic heterocycles. The number of fused-ring (bicyclic) bond motifs is 1. The third-order valence-electron chi connectivity index (χ3n) is 7.37. The molecular formula is C26H32N2O5. The molecule has 7 nitrogen and oxygen atoms in total. The fourth-order valence-electron chi connectivity index (χ4n) is 5.31. The summed E-state index contributed by atoms with van der Waals surface area (Å²) in [4.78, 5) is 15.2. The second kappa shape index (κ2) is 9.14. The van der Waals surface area contributed by atoms with Crippen LogP contribution >= 0.6 is 0 Å². The highest BCUT2D eigenvalue weighted by Gasteiger charge is 2.58. The Hall–Kier alpha value is -2.93. The highest BCUT2D eigenvalue weighted by atomic mass is 16.7. The van der Waals surface area contributed by atoms with Gasteiger partial charge in [0.25, 0.3) is 0 Å². The van der Waals surface area contributed by atoms with E-state index in [9.17, 15) is 4.79 Å². The maximum atomic E-state index is 12.8. The van der Waals surface area contributed by atoms with Gasteiger partial charge in [-0.05, 0) is 73.5 Å². The molecule has 0 bridgehead atoms. The summed E-state index contributed by atoms with van der Waals surface area (Å²) >= 11 is 0. The van der Waals surface area contributed by atoms with Crippen LogP contribution < -0.4 is 24.3 Å². The topological polar surface area (TPSA) is 69.3 Å². The molecule has 2 aromatic carbocycles. The molecule has 1 N–H and O–H groups in total. The van der Waals surface area contributed by atoms with Crippen LogP contribution in [0.15, 0.2) is 36.4 Å². The van der Waals surface area contributed by atoms with Gasteiger partial charge in [-0.15, -0.1) is 0 Å². The number of para-hydroxylation sites is 1. The van der Waals surface area contributed by atoms with Crippen molar-refractivity contribution in [2.75, 3.05) is 40.6 Å². The zero-order valence-electron chi connectivity index (χ0n) is 19.4. The van der Waals surface area contributed by atoms with Gasteiger partial charge in [-0.1, -0.05) is 18.2 Å². The minimum Gasteiger partial charge on any atom is -0.496 e. The number of nitrogens with one attached hydrogen (secondary N) is 1. The molecule has 1 saturated carbocycles. The summed E-state index contributed by atoms with van der Waals surface area (Å²) < 4.78 is 21.9. The van der Waals surface area contributed by atoms with Gasteiger partial charge in [0.2, 0.25) is 18.4 Å². The van der Waals surface area contributed by atoms with Gasteiger partial charge in [-0.3, -0.25) is 9.69 Å². The summed E-state index contributed by atoms with van der Waals surface area (Å²) in [6.07, 6.45) is 3.93. The summed E-state index contributed by atoms with van der Waals surface area (Å²) in [7, 11) is 3.33. The van der Waals surface area contributed by atoms with Gasteiger partial charge < -0.3 is 24.3 Å². The summed E-state index contributed by atoms with van der Waals surface area (Å²) in [6.45, 7) is 3.73. The van der Waals surface area contributed by atoms with Crippen LogP contribution in [0.5, 0.6) is 23.0 Å². The first-order valence-electron chi connectivity index (χ1n) is 11.7. The lowest BCUT2D eigenvalue weighted by molar-refractivity contribution is -0.123. The molecule has 2 heterocycles. The highest BCUT2D eigenvalue weighted by molar-refractivity contribution is 5.82. The molecule has 33 heavy (non-hydrogen) atoms. The van der Waals surface area contributed by atoms with Crippen molar-refractivity contribution in [3.05, 3.63) is 47.5 Å². The Bertz CT molecular complexity index is 1020. The maximum Gasteiger partial charge on any atom is 0.231 e. The van der Waals surface area contributed by atoms with Crippen LogP contribution in [0.25, 0.3) is 0 Å². The summed E-state index contributed by atoms with van der Waals surface area (Å²) in [6, 6.07) is 12.1. The maximum absolute atomic E-state index is 12.8. The van der Waals surface area contributed by atoms with Crippen LogP contribution in [0.1, 0.15) is 30.4 Å². The number of carbonyl (C=O) groups is 1. The summed E-state index contributed by atoms with van der Waals surface area (Å²) in [5.41, 5.74) is 2.48. The third-order valence-corrected chi connectivity index (χ3v) is 7.37. The van der Waals surface area contributed by atoms with Crippen LogP contribution in [-0.4, -0.2) is 51.5 Å². The Morgan fingerprint density at radius 3 is 2.70 bits per heavy atom. The van der Waals surface area contributed by atoms with E-state index in [0.717, 1.165) is 73.7 Å². The van der Waals surface area contributed by atoms with Crippen LogP contribution in [0, 0.1) is 11.3 Å². The number of hydrogen-bond acceptors (Lipinski definition) is 6. The quantitative estimate of drug-likeness (QED) is 0.662. The minimum absolute atomic E-state index is 0.156. The number of amides is 1. The molecule has 1 amide bonds. The molecule has 3 aliphatic rings. The Balaban J connectivity index is 1.10. The Morgan fingerprint density at radius 1 is 1.12 bits per heavy atom. The van der Waals surface area contributed by atoms with Crippen molar-refractivity contribution in [3.8, 4) is 23.0 Å². The van der Waals surface area contributed by atoms with Crippen LogP contribution in [-0.2, 0) is 17.8 Å². The van der Waals surface area contributed by atoms with Crippen molar-refractivity contribution in [3.63, 3.8) is 0 Å². The lowest BCUT2D eigenvalue weighted by Gasteiger charge is -2.33. The van der Waals surface area contributed by atoms with Gasteiger partial charge >= 0.3 is 0 Å². The van der Waals surface area contributed by atoms with E-state index in [2.05, 4.69) is 16.3 Å². The van der Waals surface area contributed by atoms with Crippen LogP contribution in [0.2, 0.25) is 0 Å². The molecule has 1 atom stereocenters. The average Bonchev–Trinajstić information content (AvgIpc) is 3.33. The predicted octanol–water partition coefficient (Wildman–Crippen LogP) is 3.39. The highest BCUT2D eigenvalue weighted by Crippen LogP contribution is 2.59. The van der Waals surface area contributed by atoms with Gasteiger partial charge in [0.15, 0.2) is 11.5 Å². The molecule has 1 saturated heterocycles. The Labute approximate surface area is 195 Å². The van der Waals surface area contributed by atoms with E-state index >= 15 is 0 Å². The average molecular weight is 453 g/mol. The van der Waals surface area contributed by atoms with Crippen molar-refractivity contribution < 1.29 is 23.7 Å².